The Morgan fingerprint density at radius 2 is 2.11 bits per heavy atom. The molecule has 1 aliphatic carbocycles. The zero-order chi connectivity index (χ0) is 19.8. The Kier molecular flexibility index (Phi) is 5.84. The summed E-state index contributed by atoms with van der Waals surface area (Å²) in [5, 5.41) is -3.37. The molecule has 0 spiro atoms. The molecule has 9 heteroatoms. The van der Waals surface area contributed by atoms with E-state index in [9.17, 15) is 18.4 Å². The van der Waals surface area contributed by atoms with Gasteiger partial charge in [-0.2, -0.15) is 8.78 Å². The highest BCUT2D eigenvalue weighted by molar-refractivity contribution is 7.99. The number of rotatable bonds is 6. The maximum Gasteiger partial charge on any atom is 0.362 e. The second kappa shape index (κ2) is 7.81. The number of carbonyl (C=O) groups is 1. The molecule has 27 heavy (non-hydrogen) atoms. The average molecular weight is 434 g/mol. The van der Waals surface area contributed by atoms with Gasteiger partial charge in [0.05, 0.1) is 11.6 Å². The van der Waals surface area contributed by atoms with Gasteiger partial charge in [-0.05, 0) is 55.0 Å². The number of esters is 1. The lowest BCUT2D eigenvalue weighted by Crippen LogP contribution is -2.24. The zero-order valence-corrected chi connectivity index (χ0v) is 16.5. The van der Waals surface area contributed by atoms with Crippen LogP contribution in [0.2, 0.25) is 5.02 Å². The monoisotopic (exact) mass is 433 g/mol. The lowest BCUT2D eigenvalue weighted by molar-refractivity contribution is 0.0517. The number of halogens is 4. The van der Waals surface area contributed by atoms with E-state index < -0.39 is 22.6 Å². The molecule has 1 heterocycles. The molecule has 3 rings (SSSR count). The summed E-state index contributed by atoms with van der Waals surface area (Å²) in [4.78, 5) is 27.2. The predicted octanol–water partition coefficient (Wildman–Crippen LogP) is 5.52. The number of ether oxygens (including phenoxy) is 1. The second-order valence-corrected chi connectivity index (χ2v) is 7.94. The molecule has 1 aliphatic rings. The van der Waals surface area contributed by atoms with Crippen molar-refractivity contribution in [2.75, 3.05) is 6.61 Å². The quantitative estimate of drug-likeness (QED) is 0.481. The van der Waals surface area contributed by atoms with Crippen molar-refractivity contribution in [1.29, 1.82) is 0 Å². The molecule has 2 aromatic rings. The number of aromatic nitrogens is 1. The van der Waals surface area contributed by atoms with Crippen LogP contribution in [0.4, 0.5) is 8.78 Å². The van der Waals surface area contributed by atoms with E-state index in [0.717, 1.165) is 36.2 Å². The minimum atomic E-state index is -3.79. The van der Waals surface area contributed by atoms with Gasteiger partial charge in [0.2, 0.25) is 0 Å². The molecule has 0 radical (unpaired) electrons. The fraction of sp³-hybridized carbons (Fsp3) is 0.333. The van der Waals surface area contributed by atoms with Gasteiger partial charge in [-0.25, -0.2) is 4.79 Å². The van der Waals surface area contributed by atoms with Crippen molar-refractivity contribution in [3.8, 4) is 0 Å². The van der Waals surface area contributed by atoms with Crippen LogP contribution in [0.15, 0.2) is 38.9 Å². The van der Waals surface area contributed by atoms with Crippen LogP contribution in [-0.2, 0) is 10.1 Å². The first-order chi connectivity index (χ1) is 12.7. The molecule has 1 saturated carbocycles. The largest absolute Gasteiger partial charge is 0.462 e. The summed E-state index contributed by atoms with van der Waals surface area (Å²) < 4.78 is 32.1. The number of nitrogens with one attached hydrogen (secondary N) is 1. The van der Waals surface area contributed by atoms with Crippen molar-refractivity contribution in [3.63, 3.8) is 0 Å². The van der Waals surface area contributed by atoms with Gasteiger partial charge in [-0.3, -0.25) is 4.79 Å². The van der Waals surface area contributed by atoms with Crippen LogP contribution in [0.25, 0.3) is 0 Å². The van der Waals surface area contributed by atoms with Crippen molar-refractivity contribution in [2.24, 2.45) is 0 Å². The summed E-state index contributed by atoms with van der Waals surface area (Å²) in [7, 11) is 0. The molecule has 4 nitrogen and oxygen atoms in total. The summed E-state index contributed by atoms with van der Waals surface area (Å²) >= 11 is 12.4. The van der Waals surface area contributed by atoms with E-state index in [1.54, 1.807) is 13.0 Å². The van der Waals surface area contributed by atoms with Gasteiger partial charge in [-0.15, -0.1) is 0 Å². The van der Waals surface area contributed by atoms with Crippen LogP contribution in [0, 0.1) is 0 Å². The van der Waals surface area contributed by atoms with E-state index >= 15 is 0 Å². The van der Waals surface area contributed by atoms with Crippen LogP contribution < -0.4 is 5.56 Å². The number of alkyl halides is 3. The molecule has 0 bridgehead atoms. The molecule has 0 aliphatic heterocycles. The molecule has 0 saturated heterocycles. The molecule has 1 aromatic carbocycles. The Balaban J connectivity index is 2.15. The van der Waals surface area contributed by atoms with Crippen molar-refractivity contribution < 1.29 is 18.3 Å². The summed E-state index contributed by atoms with van der Waals surface area (Å²) in [5.41, 5.74) is -1.19. The molecular weight excluding hydrogens is 419 g/mol. The summed E-state index contributed by atoms with van der Waals surface area (Å²) in [6.07, 6.45) is 2.00. The number of hydrogen-bond donors (Lipinski definition) is 1. The van der Waals surface area contributed by atoms with Gasteiger partial charge < -0.3 is 9.72 Å². The van der Waals surface area contributed by atoms with Crippen LogP contribution in [0.1, 0.15) is 47.3 Å². The Morgan fingerprint density at radius 1 is 1.41 bits per heavy atom. The molecular formula is C18H15Cl2F2NO3S. The van der Waals surface area contributed by atoms with Gasteiger partial charge in [0.1, 0.15) is 11.3 Å². The average Bonchev–Trinajstić information content (AvgIpc) is 3.40. The third kappa shape index (κ3) is 4.47. The molecule has 0 atom stereocenters. The number of H-pyrrole nitrogens is 1. The fourth-order valence-electron chi connectivity index (χ4n) is 2.62. The first kappa shape index (κ1) is 20.2. The first-order valence-electron chi connectivity index (χ1n) is 8.20. The lowest BCUT2D eigenvalue weighted by atomic mass is 10.1. The van der Waals surface area contributed by atoms with Gasteiger partial charge in [0, 0.05) is 9.79 Å². The minimum absolute atomic E-state index is 0.0162. The highest BCUT2D eigenvalue weighted by Crippen LogP contribution is 2.48. The highest BCUT2D eigenvalue weighted by atomic mass is 35.5. The summed E-state index contributed by atoms with van der Waals surface area (Å²) in [5.74, 6) is -0.570. The molecule has 1 aromatic heterocycles. The Labute approximate surface area is 168 Å². The number of carbonyl (C=O) groups excluding carboxylic acids is 1. The second-order valence-electron chi connectivity index (χ2n) is 6.00. The number of hydrogen-bond acceptors (Lipinski definition) is 4. The smallest absolute Gasteiger partial charge is 0.362 e. The first-order valence-corrected chi connectivity index (χ1v) is 9.77. The normalized spacial score (nSPS) is 14.3. The third-order valence-electron chi connectivity index (χ3n) is 4.01. The molecule has 1 N–H and O–H groups in total. The Hall–Kier alpha value is -1.57. The van der Waals surface area contributed by atoms with E-state index in [1.165, 1.54) is 0 Å². The van der Waals surface area contributed by atoms with Gasteiger partial charge in [0.25, 0.3) is 5.56 Å². The third-order valence-corrected chi connectivity index (χ3v) is 5.84. The van der Waals surface area contributed by atoms with Gasteiger partial charge in [0.15, 0.2) is 0 Å². The zero-order valence-electron chi connectivity index (χ0n) is 14.2. The lowest BCUT2D eigenvalue weighted by Gasteiger charge is -2.15. The van der Waals surface area contributed by atoms with E-state index in [1.807, 2.05) is 17.1 Å². The van der Waals surface area contributed by atoms with Crippen LogP contribution in [0.5, 0.6) is 0 Å². The van der Waals surface area contributed by atoms with E-state index in [0.29, 0.717) is 15.8 Å². The topological polar surface area (TPSA) is 59.2 Å². The van der Waals surface area contributed by atoms with Crippen LogP contribution in [-0.4, -0.2) is 17.6 Å². The molecule has 144 valence electrons. The van der Waals surface area contributed by atoms with E-state index in [4.69, 9.17) is 27.9 Å². The molecule has 0 amide bonds. The highest BCUT2D eigenvalue weighted by Gasteiger charge is 2.33. The predicted molar refractivity (Wildman–Crippen MR) is 100 cm³/mol. The Morgan fingerprint density at radius 3 is 2.70 bits per heavy atom. The number of pyridine rings is 1. The SMILES string of the molecule is CCOC(=O)c1c(Sc2c(Cl)cccc2C2CC2)cc(C(F)(F)Cl)[nH]c1=O. The maximum atomic E-state index is 13.6. The van der Waals surface area contributed by atoms with E-state index in [2.05, 4.69) is 0 Å². The molecule has 1 fully saturated rings. The van der Waals surface area contributed by atoms with Crippen molar-refractivity contribution >= 4 is 40.9 Å². The molecule has 0 unspecified atom stereocenters. The maximum absolute atomic E-state index is 13.6. The standard InChI is InChI=1S/C18H15Cl2F2NO3S/c1-2-26-17(25)14-12(8-13(18(20,21)22)23-16(14)24)27-15-10(9-6-7-9)4-3-5-11(15)19/h3-5,8-9H,2,6-7H2,1H3,(H,23,24). The van der Waals surface area contributed by atoms with Gasteiger partial charge >= 0.3 is 11.4 Å². The summed E-state index contributed by atoms with van der Waals surface area (Å²) in [6, 6.07) is 6.37. The summed E-state index contributed by atoms with van der Waals surface area (Å²) in [6.45, 7) is 1.62. The van der Waals surface area contributed by atoms with Crippen molar-refractivity contribution in [3.05, 3.63) is 56.5 Å². The number of benzene rings is 1. The number of aromatic amines is 1. The van der Waals surface area contributed by atoms with Crippen LogP contribution in [0.3, 0.4) is 0 Å². The minimum Gasteiger partial charge on any atom is -0.462 e. The fourth-order valence-corrected chi connectivity index (χ4v) is 4.22. The van der Waals surface area contributed by atoms with Crippen molar-refractivity contribution in [2.45, 2.75) is 40.9 Å². The van der Waals surface area contributed by atoms with Gasteiger partial charge in [-0.1, -0.05) is 35.5 Å². The van der Waals surface area contributed by atoms with Crippen LogP contribution >= 0.6 is 35.0 Å². The Bertz CT molecular complexity index is 939. The van der Waals surface area contributed by atoms with Crippen molar-refractivity contribution in [1.82, 2.24) is 4.98 Å². The van der Waals surface area contributed by atoms with E-state index in [-0.39, 0.29) is 17.1 Å².